The molecule has 0 aromatic heterocycles. The first-order chi connectivity index (χ1) is 10.4. The van der Waals surface area contributed by atoms with Gasteiger partial charge < -0.3 is 5.32 Å². The summed E-state index contributed by atoms with van der Waals surface area (Å²) in [7, 11) is 1.67. The fourth-order valence-electron chi connectivity index (χ4n) is 3.35. The van der Waals surface area contributed by atoms with Gasteiger partial charge in [0.2, 0.25) is 17.7 Å². The van der Waals surface area contributed by atoms with Crippen LogP contribution in [0.1, 0.15) is 46.0 Å². The lowest BCUT2D eigenvalue weighted by molar-refractivity contribution is -0.139. The Morgan fingerprint density at radius 1 is 1.27 bits per heavy atom. The van der Waals surface area contributed by atoms with Crippen molar-refractivity contribution >= 4 is 29.5 Å². The first kappa shape index (κ1) is 17.3. The second-order valence-corrected chi connectivity index (χ2v) is 8.34. The fourth-order valence-corrected chi connectivity index (χ4v) is 4.49. The summed E-state index contributed by atoms with van der Waals surface area (Å²) < 4.78 is 0. The number of amides is 3. The standard InChI is InChI=1S/C16H26N2O3S/c1-10(2)22-13-8-14(19)18(16(13)21)9-11-4-6-12(7-5-11)15(20)17-3/h10-13H,4-9H2,1-3H3,(H,17,20). The average Bonchev–Trinajstić information content (AvgIpc) is 2.74. The Kier molecular flexibility index (Phi) is 5.89. The lowest BCUT2D eigenvalue weighted by atomic mass is 9.81. The van der Waals surface area contributed by atoms with E-state index in [-0.39, 0.29) is 28.9 Å². The Balaban J connectivity index is 1.85. The van der Waals surface area contributed by atoms with Crippen LogP contribution in [0, 0.1) is 11.8 Å². The summed E-state index contributed by atoms with van der Waals surface area (Å²) in [5.41, 5.74) is 0. The molecule has 1 N–H and O–H groups in total. The molecule has 1 atom stereocenters. The van der Waals surface area contributed by atoms with Crippen molar-refractivity contribution in [3.8, 4) is 0 Å². The highest BCUT2D eigenvalue weighted by molar-refractivity contribution is 8.01. The average molecular weight is 326 g/mol. The van der Waals surface area contributed by atoms with Crippen LogP contribution in [-0.4, -0.2) is 46.7 Å². The molecule has 1 unspecified atom stereocenters. The van der Waals surface area contributed by atoms with Gasteiger partial charge in [0.25, 0.3) is 0 Å². The predicted molar refractivity (Wildman–Crippen MR) is 87.4 cm³/mol. The molecule has 0 spiro atoms. The highest BCUT2D eigenvalue weighted by Gasteiger charge is 2.40. The van der Waals surface area contributed by atoms with Gasteiger partial charge in [0.05, 0.1) is 5.25 Å². The van der Waals surface area contributed by atoms with Crippen molar-refractivity contribution in [2.75, 3.05) is 13.6 Å². The number of hydrogen-bond acceptors (Lipinski definition) is 4. The van der Waals surface area contributed by atoms with Gasteiger partial charge in [-0.1, -0.05) is 13.8 Å². The topological polar surface area (TPSA) is 66.5 Å². The minimum Gasteiger partial charge on any atom is -0.359 e. The molecule has 1 saturated heterocycles. The molecule has 2 fully saturated rings. The van der Waals surface area contributed by atoms with E-state index in [4.69, 9.17) is 0 Å². The van der Waals surface area contributed by atoms with Crippen molar-refractivity contribution < 1.29 is 14.4 Å². The summed E-state index contributed by atoms with van der Waals surface area (Å²) in [6.07, 6.45) is 3.87. The van der Waals surface area contributed by atoms with Gasteiger partial charge >= 0.3 is 0 Å². The van der Waals surface area contributed by atoms with Crippen molar-refractivity contribution in [2.24, 2.45) is 11.8 Å². The molecule has 5 nitrogen and oxygen atoms in total. The molecule has 22 heavy (non-hydrogen) atoms. The number of hydrogen-bond donors (Lipinski definition) is 1. The zero-order chi connectivity index (χ0) is 16.3. The van der Waals surface area contributed by atoms with E-state index in [0.717, 1.165) is 25.7 Å². The molecule has 1 heterocycles. The highest BCUT2D eigenvalue weighted by atomic mass is 32.2. The minimum atomic E-state index is -0.199. The van der Waals surface area contributed by atoms with Crippen LogP contribution in [0.3, 0.4) is 0 Å². The fraction of sp³-hybridized carbons (Fsp3) is 0.812. The van der Waals surface area contributed by atoms with Crippen molar-refractivity contribution in [2.45, 2.75) is 56.5 Å². The van der Waals surface area contributed by atoms with Crippen LogP contribution in [0.25, 0.3) is 0 Å². The Morgan fingerprint density at radius 2 is 1.91 bits per heavy atom. The minimum absolute atomic E-state index is 0.0166. The first-order valence-electron chi connectivity index (χ1n) is 8.13. The van der Waals surface area contributed by atoms with E-state index in [0.29, 0.717) is 24.1 Å². The number of nitrogens with one attached hydrogen (secondary N) is 1. The maximum absolute atomic E-state index is 12.4. The van der Waals surface area contributed by atoms with Gasteiger partial charge in [0.1, 0.15) is 0 Å². The summed E-state index contributed by atoms with van der Waals surface area (Å²) >= 11 is 1.58. The van der Waals surface area contributed by atoms with Crippen molar-refractivity contribution in [3.63, 3.8) is 0 Å². The van der Waals surface area contributed by atoms with Gasteiger partial charge in [-0.25, -0.2) is 0 Å². The highest BCUT2D eigenvalue weighted by Crippen LogP contribution is 2.33. The number of thioether (sulfide) groups is 1. The van der Waals surface area contributed by atoms with Crippen LogP contribution in [-0.2, 0) is 14.4 Å². The zero-order valence-electron chi connectivity index (χ0n) is 13.6. The Bertz CT molecular complexity index is 445. The van der Waals surface area contributed by atoms with Gasteiger partial charge in [-0.15, -0.1) is 11.8 Å². The monoisotopic (exact) mass is 326 g/mol. The summed E-state index contributed by atoms with van der Waals surface area (Å²) in [5.74, 6) is 0.501. The van der Waals surface area contributed by atoms with Crippen LogP contribution < -0.4 is 5.32 Å². The molecule has 2 aliphatic rings. The smallest absolute Gasteiger partial charge is 0.242 e. The van der Waals surface area contributed by atoms with Crippen LogP contribution in [0.2, 0.25) is 0 Å². The summed E-state index contributed by atoms with van der Waals surface area (Å²) in [6, 6.07) is 0. The summed E-state index contributed by atoms with van der Waals surface area (Å²) in [5, 5.41) is 2.85. The molecule has 3 amide bonds. The maximum atomic E-state index is 12.4. The van der Waals surface area contributed by atoms with E-state index in [1.165, 1.54) is 4.90 Å². The van der Waals surface area contributed by atoms with Gasteiger partial charge in [-0.05, 0) is 36.9 Å². The first-order valence-corrected chi connectivity index (χ1v) is 9.08. The van der Waals surface area contributed by atoms with Gasteiger partial charge in [-0.2, -0.15) is 0 Å². The van der Waals surface area contributed by atoms with E-state index in [2.05, 4.69) is 5.32 Å². The largest absolute Gasteiger partial charge is 0.359 e. The second-order valence-electron chi connectivity index (χ2n) is 6.55. The normalized spacial score (nSPS) is 29.3. The lowest BCUT2D eigenvalue weighted by Gasteiger charge is -2.29. The van der Waals surface area contributed by atoms with Crippen molar-refractivity contribution in [1.82, 2.24) is 10.2 Å². The van der Waals surface area contributed by atoms with Crippen LogP contribution in [0.4, 0.5) is 0 Å². The molecule has 0 radical (unpaired) electrons. The van der Waals surface area contributed by atoms with Crippen molar-refractivity contribution in [3.05, 3.63) is 0 Å². The van der Waals surface area contributed by atoms with Gasteiger partial charge in [0.15, 0.2) is 0 Å². The van der Waals surface area contributed by atoms with E-state index in [1.807, 2.05) is 13.8 Å². The lowest BCUT2D eigenvalue weighted by Crippen LogP contribution is -2.38. The van der Waals surface area contributed by atoms with Gasteiger partial charge in [-0.3, -0.25) is 19.3 Å². The molecule has 1 aliphatic carbocycles. The second kappa shape index (κ2) is 7.49. The SMILES string of the molecule is CNC(=O)C1CCC(CN2C(=O)CC(SC(C)C)C2=O)CC1. The van der Waals surface area contributed by atoms with E-state index < -0.39 is 0 Å². The number of likely N-dealkylation sites (tertiary alicyclic amines) is 1. The van der Waals surface area contributed by atoms with E-state index >= 15 is 0 Å². The Labute approximate surface area is 136 Å². The molecule has 0 aromatic carbocycles. The summed E-state index contributed by atoms with van der Waals surface area (Å²) in [6.45, 7) is 4.63. The molecule has 0 aromatic rings. The van der Waals surface area contributed by atoms with Gasteiger partial charge in [0, 0.05) is 25.9 Å². The number of imide groups is 1. The number of carbonyl (C=O) groups excluding carboxylic acids is 3. The van der Waals surface area contributed by atoms with E-state index in [9.17, 15) is 14.4 Å². The number of rotatable bonds is 5. The van der Waals surface area contributed by atoms with Crippen LogP contribution in [0.15, 0.2) is 0 Å². The summed E-state index contributed by atoms with van der Waals surface area (Å²) in [4.78, 5) is 37.6. The molecular weight excluding hydrogens is 300 g/mol. The van der Waals surface area contributed by atoms with Crippen LogP contribution >= 0.6 is 11.8 Å². The third-order valence-electron chi connectivity index (χ3n) is 4.54. The van der Waals surface area contributed by atoms with Crippen molar-refractivity contribution in [1.29, 1.82) is 0 Å². The molecule has 1 saturated carbocycles. The number of carbonyl (C=O) groups is 3. The zero-order valence-corrected chi connectivity index (χ0v) is 14.4. The van der Waals surface area contributed by atoms with Crippen LogP contribution in [0.5, 0.6) is 0 Å². The molecule has 0 bridgehead atoms. The van der Waals surface area contributed by atoms with E-state index in [1.54, 1.807) is 18.8 Å². The number of nitrogens with zero attached hydrogens (tertiary/aromatic N) is 1. The Morgan fingerprint density at radius 3 is 2.45 bits per heavy atom. The molecule has 1 aliphatic heterocycles. The predicted octanol–water partition coefficient (Wildman–Crippen LogP) is 1.81. The quantitative estimate of drug-likeness (QED) is 0.783. The maximum Gasteiger partial charge on any atom is 0.242 e. The third kappa shape index (κ3) is 4.03. The third-order valence-corrected chi connectivity index (χ3v) is 5.78. The molecule has 6 heteroatoms. The molecule has 124 valence electrons. The Hall–Kier alpha value is -1.04. The molecular formula is C16H26N2O3S. The molecule has 2 rings (SSSR count).